The first-order valence-electron chi connectivity index (χ1n) is 17.4. The maximum Gasteiger partial charge on any atom is 0.306 e. The number of carbonyl (C=O) groups excluding carboxylic acids is 2. The van der Waals surface area contributed by atoms with Gasteiger partial charge in [-0.1, -0.05) is 110 Å². The van der Waals surface area contributed by atoms with Crippen LogP contribution in [-0.2, 0) is 37.4 Å². The van der Waals surface area contributed by atoms with Gasteiger partial charge in [-0.25, -0.2) is 0 Å². The lowest BCUT2D eigenvalue weighted by molar-refractivity contribution is -0.858. The van der Waals surface area contributed by atoms with Gasteiger partial charge in [0, 0.05) is 19.4 Å². The Morgan fingerprint density at radius 2 is 1.14 bits per heavy atom. The molecule has 0 aromatic heterocycles. The number of unbranched alkanes of at least 4 members (excludes halogenated alkanes) is 17. The second-order valence-electron chi connectivity index (χ2n) is 12.2. The van der Waals surface area contributed by atoms with Crippen LogP contribution in [-0.4, -0.2) is 72.2 Å². The van der Waals surface area contributed by atoms with Gasteiger partial charge in [0.25, 0.3) is 7.82 Å². The van der Waals surface area contributed by atoms with E-state index in [9.17, 15) is 19.0 Å². The van der Waals surface area contributed by atoms with E-state index >= 15 is 0 Å². The first kappa shape index (κ1) is 43.0. The molecule has 0 saturated carbocycles. The van der Waals surface area contributed by atoms with E-state index in [0.717, 1.165) is 43.4 Å². The molecule has 0 heterocycles. The number of rotatable bonds is 33. The molecule has 0 aliphatic heterocycles. The SMILES string of the molecule is CCCCCCCCCCCCCCCCOC[C@H](COP(=O)([O-])OCC[NH+](C)C)OC(=O)CCCCCCCC(=O)OC. The quantitative estimate of drug-likeness (QED) is 0.0521. The number of esters is 2. The summed E-state index contributed by atoms with van der Waals surface area (Å²) in [7, 11) is 0.662. The summed E-state index contributed by atoms with van der Waals surface area (Å²) in [5.41, 5.74) is 0. The van der Waals surface area contributed by atoms with Gasteiger partial charge >= 0.3 is 11.9 Å². The normalized spacial score (nSPS) is 13.6. The van der Waals surface area contributed by atoms with E-state index in [2.05, 4.69) is 11.7 Å². The van der Waals surface area contributed by atoms with Crippen molar-refractivity contribution in [1.29, 1.82) is 0 Å². The second-order valence-corrected chi connectivity index (χ2v) is 13.6. The highest BCUT2D eigenvalue weighted by molar-refractivity contribution is 7.45. The van der Waals surface area contributed by atoms with Crippen LogP contribution in [0.5, 0.6) is 0 Å². The van der Waals surface area contributed by atoms with Crippen molar-refractivity contribution in [2.45, 2.75) is 148 Å². The molecule has 0 radical (unpaired) electrons. The Labute approximate surface area is 268 Å². The van der Waals surface area contributed by atoms with Crippen molar-refractivity contribution >= 4 is 19.8 Å². The highest BCUT2D eigenvalue weighted by atomic mass is 31.2. The van der Waals surface area contributed by atoms with Gasteiger partial charge in [-0.05, 0) is 19.3 Å². The highest BCUT2D eigenvalue weighted by Gasteiger charge is 2.19. The molecule has 0 bridgehead atoms. The van der Waals surface area contributed by atoms with Crippen LogP contribution in [0.4, 0.5) is 0 Å². The number of hydrogen-bond donors (Lipinski definition) is 1. The largest absolute Gasteiger partial charge is 0.756 e. The molecule has 44 heavy (non-hydrogen) atoms. The molecule has 1 unspecified atom stereocenters. The predicted molar refractivity (Wildman–Crippen MR) is 173 cm³/mol. The minimum Gasteiger partial charge on any atom is -0.756 e. The number of ether oxygens (including phenoxy) is 3. The van der Waals surface area contributed by atoms with Crippen molar-refractivity contribution in [2.24, 2.45) is 0 Å². The van der Waals surface area contributed by atoms with Gasteiger partial charge in [-0.2, -0.15) is 0 Å². The fraction of sp³-hybridized carbons (Fsp3) is 0.939. The van der Waals surface area contributed by atoms with E-state index in [1.165, 1.54) is 84.2 Å². The third-order valence-corrected chi connectivity index (χ3v) is 8.47. The predicted octanol–water partition coefficient (Wildman–Crippen LogP) is 5.95. The number of quaternary nitrogens is 1. The molecule has 2 atom stereocenters. The van der Waals surface area contributed by atoms with Gasteiger partial charge in [0.1, 0.15) is 19.3 Å². The molecular formula is C33H66NO9P. The summed E-state index contributed by atoms with van der Waals surface area (Å²) in [6, 6.07) is 0. The average Bonchev–Trinajstić information content (AvgIpc) is 2.98. The lowest BCUT2D eigenvalue weighted by Crippen LogP contribution is -3.06. The van der Waals surface area contributed by atoms with E-state index in [-0.39, 0.29) is 32.2 Å². The van der Waals surface area contributed by atoms with Crippen LogP contribution in [0.1, 0.15) is 142 Å². The summed E-state index contributed by atoms with van der Waals surface area (Å²) in [4.78, 5) is 36.8. The lowest BCUT2D eigenvalue weighted by atomic mass is 10.0. The van der Waals surface area contributed by atoms with Gasteiger partial charge in [-0.3, -0.25) is 14.2 Å². The van der Waals surface area contributed by atoms with Crippen molar-refractivity contribution < 1.29 is 47.2 Å². The van der Waals surface area contributed by atoms with E-state index in [1.54, 1.807) is 0 Å². The second kappa shape index (κ2) is 30.6. The number of hydrogen-bond acceptors (Lipinski definition) is 9. The molecule has 10 nitrogen and oxygen atoms in total. The number of nitrogens with one attached hydrogen (secondary N) is 1. The standard InChI is InChI=1S/C33H66NO9P/c1-5-6-7-8-9-10-11-12-13-14-15-16-20-23-27-40-29-31(30-42-44(37,38)41-28-26-34(2)3)43-33(36)25-22-19-17-18-21-24-32(35)39-4/h31H,5-30H2,1-4H3,(H,37,38)/t31-/m1/s1. The third kappa shape index (κ3) is 31.0. The van der Waals surface area contributed by atoms with E-state index in [0.29, 0.717) is 26.0 Å². The van der Waals surface area contributed by atoms with Gasteiger partial charge in [0.05, 0.1) is 34.4 Å². The van der Waals surface area contributed by atoms with Gasteiger partial charge < -0.3 is 33.1 Å². The first-order valence-corrected chi connectivity index (χ1v) is 18.9. The van der Waals surface area contributed by atoms with Gasteiger partial charge in [-0.15, -0.1) is 0 Å². The summed E-state index contributed by atoms with van der Waals surface area (Å²) in [6.45, 7) is 3.04. The molecule has 0 amide bonds. The van der Waals surface area contributed by atoms with Crippen molar-refractivity contribution in [3.8, 4) is 0 Å². The molecule has 0 fully saturated rings. The maximum absolute atomic E-state index is 12.4. The molecule has 0 saturated heterocycles. The van der Waals surface area contributed by atoms with E-state index in [1.807, 2.05) is 14.1 Å². The lowest BCUT2D eigenvalue weighted by Gasteiger charge is -2.25. The first-order chi connectivity index (χ1) is 21.2. The fourth-order valence-corrected chi connectivity index (χ4v) is 5.46. The Morgan fingerprint density at radius 1 is 0.659 bits per heavy atom. The topological polar surface area (TPSA) is 125 Å². The molecule has 262 valence electrons. The smallest absolute Gasteiger partial charge is 0.306 e. The molecule has 0 rings (SSSR count). The van der Waals surface area contributed by atoms with Crippen LogP contribution in [0.25, 0.3) is 0 Å². The number of likely N-dealkylation sites (N-methyl/N-ethyl adjacent to an activating group) is 1. The molecule has 0 aliphatic carbocycles. The summed E-state index contributed by atoms with van der Waals surface area (Å²) in [5.74, 6) is -0.619. The highest BCUT2D eigenvalue weighted by Crippen LogP contribution is 2.38. The minimum atomic E-state index is -4.51. The molecular weight excluding hydrogens is 585 g/mol. The Hall–Kier alpha value is -1.03. The van der Waals surface area contributed by atoms with E-state index in [4.69, 9.17) is 18.5 Å². The van der Waals surface area contributed by atoms with Crippen LogP contribution >= 0.6 is 7.82 Å². The summed E-state index contributed by atoms with van der Waals surface area (Å²) >= 11 is 0. The third-order valence-electron chi connectivity index (χ3n) is 7.50. The van der Waals surface area contributed by atoms with Crippen molar-refractivity contribution in [3.63, 3.8) is 0 Å². The number of methoxy groups -OCH3 is 1. The maximum atomic E-state index is 12.4. The average molecular weight is 652 g/mol. The number of phosphoric acid groups is 1. The van der Waals surface area contributed by atoms with E-state index < -0.39 is 19.9 Å². The molecule has 0 aromatic carbocycles. The Morgan fingerprint density at radius 3 is 1.64 bits per heavy atom. The van der Waals surface area contributed by atoms with Crippen LogP contribution in [0.15, 0.2) is 0 Å². The number of carbonyl (C=O) groups is 2. The summed E-state index contributed by atoms with van der Waals surface area (Å²) in [5, 5.41) is 0. The van der Waals surface area contributed by atoms with Crippen LogP contribution in [0.3, 0.4) is 0 Å². The summed E-state index contributed by atoms with van der Waals surface area (Å²) in [6.07, 6.45) is 21.8. The molecule has 0 aromatic rings. The summed E-state index contributed by atoms with van der Waals surface area (Å²) < 4.78 is 38.0. The van der Waals surface area contributed by atoms with Crippen LogP contribution in [0.2, 0.25) is 0 Å². The zero-order chi connectivity index (χ0) is 32.7. The zero-order valence-electron chi connectivity index (χ0n) is 28.6. The molecule has 1 N–H and O–H groups in total. The van der Waals surface area contributed by atoms with Gasteiger partial charge in [0.2, 0.25) is 0 Å². The van der Waals surface area contributed by atoms with Crippen LogP contribution in [0, 0.1) is 0 Å². The molecule has 0 aliphatic rings. The Balaban J connectivity index is 4.21. The molecule has 11 heteroatoms. The fourth-order valence-electron chi connectivity index (χ4n) is 4.72. The van der Waals surface area contributed by atoms with Crippen molar-refractivity contribution in [2.75, 3.05) is 54.2 Å². The zero-order valence-corrected chi connectivity index (χ0v) is 29.5. The van der Waals surface area contributed by atoms with Crippen molar-refractivity contribution in [1.82, 2.24) is 0 Å². The minimum absolute atomic E-state index is 0.0167. The Kier molecular flexibility index (Phi) is 29.9. The molecule has 0 spiro atoms. The number of phosphoric ester groups is 1. The Bertz CT molecular complexity index is 723. The van der Waals surface area contributed by atoms with Gasteiger partial charge in [0.15, 0.2) is 0 Å². The van der Waals surface area contributed by atoms with Crippen molar-refractivity contribution in [3.05, 3.63) is 0 Å². The van der Waals surface area contributed by atoms with Crippen LogP contribution < -0.4 is 9.79 Å². The monoisotopic (exact) mass is 651 g/mol.